The first kappa shape index (κ1) is 19.1. The highest BCUT2D eigenvalue weighted by molar-refractivity contribution is 9.10. The van der Waals surface area contributed by atoms with Gasteiger partial charge >= 0.3 is 0 Å². The van der Waals surface area contributed by atoms with E-state index in [0.717, 1.165) is 48.5 Å². The summed E-state index contributed by atoms with van der Waals surface area (Å²) in [5.41, 5.74) is 0.921. The summed E-state index contributed by atoms with van der Waals surface area (Å²) in [6.07, 6.45) is 0. The summed E-state index contributed by atoms with van der Waals surface area (Å²) >= 11 is 3.53. The number of para-hydroxylation sites is 1. The van der Waals surface area contributed by atoms with Gasteiger partial charge in [0.1, 0.15) is 12.4 Å². The zero-order chi connectivity index (χ0) is 19.2. The fourth-order valence-corrected chi connectivity index (χ4v) is 3.69. The van der Waals surface area contributed by atoms with Crippen LogP contribution in [0.3, 0.4) is 0 Å². The van der Waals surface area contributed by atoms with E-state index < -0.39 is 0 Å². The van der Waals surface area contributed by atoms with Gasteiger partial charge in [-0.3, -0.25) is 9.80 Å². The summed E-state index contributed by atoms with van der Waals surface area (Å²) in [7, 11) is 0. The van der Waals surface area contributed by atoms with E-state index in [1.54, 1.807) is 0 Å². The Bertz CT molecular complexity index is 879. The van der Waals surface area contributed by atoms with Crippen molar-refractivity contribution >= 4 is 15.9 Å². The number of aromatic nitrogens is 2. The number of nitrogens with zero attached hydrogens (tertiary/aromatic N) is 4. The number of ether oxygens (including phenoxy) is 1. The molecule has 0 aliphatic carbocycles. The second-order valence-electron chi connectivity index (χ2n) is 6.76. The molecule has 0 atom stereocenters. The Morgan fingerprint density at radius 2 is 1.61 bits per heavy atom. The maximum atomic E-state index is 5.87. The molecule has 0 N–H and O–H groups in total. The normalized spacial score (nSPS) is 15.6. The standard InChI is InChI=1S/C21H23BrN4O2/c22-19-9-5-4-8-18(19)21-24-23-20(28-21)16-26-12-10-25(11-13-26)14-15-27-17-6-2-1-3-7-17/h1-9H,10-16H2. The largest absolute Gasteiger partial charge is 0.492 e. The molecule has 0 spiro atoms. The molecule has 146 valence electrons. The van der Waals surface area contributed by atoms with E-state index >= 15 is 0 Å². The van der Waals surface area contributed by atoms with Gasteiger partial charge in [-0.15, -0.1) is 10.2 Å². The third kappa shape index (κ3) is 4.98. The van der Waals surface area contributed by atoms with Gasteiger partial charge in [0.2, 0.25) is 11.8 Å². The molecule has 1 aliphatic heterocycles. The Labute approximate surface area is 173 Å². The van der Waals surface area contributed by atoms with Crippen LogP contribution in [0.5, 0.6) is 5.75 Å². The topological polar surface area (TPSA) is 54.6 Å². The van der Waals surface area contributed by atoms with Crippen molar-refractivity contribution in [2.24, 2.45) is 0 Å². The zero-order valence-electron chi connectivity index (χ0n) is 15.6. The van der Waals surface area contributed by atoms with Gasteiger partial charge in [0.25, 0.3) is 0 Å². The van der Waals surface area contributed by atoms with Crippen molar-refractivity contribution in [3.05, 3.63) is 65.0 Å². The van der Waals surface area contributed by atoms with Crippen LogP contribution in [0.15, 0.2) is 63.5 Å². The predicted octanol–water partition coefficient (Wildman–Crippen LogP) is 3.70. The molecule has 2 heterocycles. The Hall–Kier alpha value is -2.22. The first-order valence-corrected chi connectivity index (χ1v) is 10.3. The zero-order valence-corrected chi connectivity index (χ0v) is 17.2. The van der Waals surface area contributed by atoms with Crippen LogP contribution >= 0.6 is 15.9 Å². The van der Waals surface area contributed by atoms with Crippen LogP contribution in [0.25, 0.3) is 11.5 Å². The van der Waals surface area contributed by atoms with Crippen LogP contribution in [-0.4, -0.2) is 59.3 Å². The van der Waals surface area contributed by atoms with E-state index in [0.29, 0.717) is 24.9 Å². The number of rotatable bonds is 7. The van der Waals surface area contributed by atoms with Gasteiger partial charge in [0.15, 0.2) is 0 Å². The summed E-state index contributed by atoms with van der Waals surface area (Å²) in [6, 6.07) is 17.8. The molecule has 2 aromatic carbocycles. The second-order valence-corrected chi connectivity index (χ2v) is 7.61. The fourth-order valence-electron chi connectivity index (χ4n) is 3.23. The van der Waals surface area contributed by atoms with E-state index in [4.69, 9.17) is 9.15 Å². The van der Waals surface area contributed by atoms with Gasteiger partial charge in [0.05, 0.1) is 12.1 Å². The number of halogens is 1. The van der Waals surface area contributed by atoms with Crippen molar-refractivity contribution in [3.8, 4) is 17.2 Å². The Balaban J connectivity index is 1.22. The van der Waals surface area contributed by atoms with Crippen LogP contribution in [0.2, 0.25) is 0 Å². The minimum absolute atomic E-state index is 0.555. The van der Waals surface area contributed by atoms with Gasteiger partial charge in [-0.1, -0.05) is 30.3 Å². The quantitative estimate of drug-likeness (QED) is 0.555. The van der Waals surface area contributed by atoms with E-state index in [9.17, 15) is 0 Å². The number of benzene rings is 2. The molecule has 3 aromatic rings. The van der Waals surface area contributed by atoms with Crippen molar-refractivity contribution in [2.45, 2.75) is 6.54 Å². The van der Waals surface area contributed by atoms with Gasteiger partial charge in [-0.2, -0.15) is 0 Å². The van der Waals surface area contributed by atoms with Crippen LogP contribution < -0.4 is 4.74 Å². The Kier molecular flexibility index (Phi) is 6.36. The maximum absolute atomic E-state index is 5.87. The van der Waals surface area contributed by atoms with Gasteiger partial charge in [0, 0.05) is 37.2 Å². The molecular weight excluding hydrogens is 420 g/mol. The summed E-state index contributed by atoms with van der Waals surface area (Å²) < 4.78 is 12.6. The number of piperazine rings is 1. The predicted molar refractivity (Wildman–Crippen MR) is 111 cm³/mol. The molecule has 0 radical (unpaired) electrons. The lowest BCUT2D eigenvalue weighted by Crippen LogP contribution is -2.47. The summed E-state index contributed by atoms with van der Waals surface area (Å²) in [6.45, 7) is 6.34. The highest BCUT2D eigenvalue weighted by atomic mass is 79.9. The smallest absolute Gasteiger partial charge is 0.248 e. The molecular formula is C21H23BrN4O2. The van der Waals surface area contributed by atoms with Crippen molar-refractivity contribution in [2.75, 3.05) is 39.3 Å². The minimum atomic E-state index is 0.555. The van der Waals surface area contributed by atoms with Crippen molar-refractivity contribution < 1.29 is 9.15 Å². The van der Waals surface area contributed by atoms with E-state index in [2.05, 4.69) is 35.9 Å². The van der Waals surface area contributed by atoms with Crippen molar-refractivity contribution in [3.63, 3.8) is 0 Å². The second kappa shape index (κ2) is 9.32. The van der Waals surface area contributed by atoms with Crippen molar-refractivity contribution in [1.29, 1.82) is 0 Å². The summed E-state index contributed by atoms with van der Waals surface area (Å²) in [4.78, 5) is 4.78. The summed E-state index contributed by atoms with van der Waals surface area (Å²) in [5, 5.41) is 8.41. The monoisotopic (exact) mass is 442 g/mol. The van der Waals surface area contributed by atoms with Crippen LogP contribution in [0, 0.1) is 0 Å². The van der Waals surface area contributed by atoms with Crippen molar-refractivity contribution in [1.82, 2.24) is 20.0 Å². The lowest BCUT2D eigenvalue weighted by Gasteiger charge is -2.33. The molecule has 1 aliphatic rings. The molecule has 7 heteroatoms. The lowest BCUT2D eigenvalue weighted by molar-refractivity contribution is 0.106. The molecule has 1 saturated heterocycles. The molecule has 0 bridgehead atoms. The average Bonchev–Trinajstić information content (AvgIpc) is 3.19. The third-order valence-electron chi connectivity index (χ3n) is 4.81. The molecule has 0 amide bonds. The number of hydrogen-bond acceptors (Lipinski definition) is 6. The maximum Gasteiger partial charge on any atom is 0.248 e. The Morgan fingerprint density at radius 3 is 2.39 bits per heavy atom. The molecule has 28 heavy (non-hydrogen) atoms. The Morgan fingerprint density at radius 1 is 0.893 bits per heavy atom. The van der Waals surface area contributed by atoms with E-state index in [-0.39, 0.29) is 0 Å². The van der Waals surface area contributed by atoms with Gasteiger partial charge < -0.3 is 9.15 Å². The molecule has 1 aromatic heterocycles. The molecule has 0 unspecified atom stereocenters. The first-order chi connectivity index (χ1) is 13.8. The molecule has 6 nitrogen and oxygen atoms in total. The van der Waals surface area contributed by atoms with Crippen LogP contribution in [0.1, 0.15) is 5.89 Å². The third-order valence-corrected chi connectivity index (χ3v) is 5.51. The van der Waals surface area contributed by atoms with E-state index in [1.165, 1.54) is 0 Å². The fraction of sp³-hybridized carbons (Fsp3) is 0.333. The highest BCUT2D eigenvalue weighted by Gasteiger charge is 2.19. The molecule has 0 saturated carbocycles. The van der Waals surface area contributed by atoms with Gasteiger partial charge in [-0.25, -0.2) is 0 Å². The molecule has 4 rings (SSSR count). The number of hydrogen-bond donors (Lipinski definition) is 0. The lowest BCUT2D eigenvalue weighted by atomic mass is 10.2. The van der Waals surface area contributed by atoms with Crippen LogP contribution in [0.4, 0.5) is 0 Å². The minimum Gasteiger partial charge on any atom is -0.492 e. The van der Waals surface area contributed by atoms with E-state index in [1.807, 2.05) is 54.6 Å². The average molecular weight is 443 g/mol. The SMILES string of the molecule is Brc1ccccc1-c1nnc(CN2CCN(CCOc3ccccc3)CC2)o1. The van der Waals surface area contributed by atoms with Crippen LogP contribution in [-0.2, 0) is 6.54 Å². The van der Waals surface area contributed by atoms with Gasteiger partial charge in [-0.05, 0) is 40.2 Å². The highest BCUT2D eigenvalue weighted by Crippen LogP contribution is 2.26. The first-order valence-electron chi connectivity index (χ1n) is 9.48. The summed E-state index contributed by atoms with van der Waals surface area (Å²) in [5.74, 6) is 2.14. The molecule has 1 fully saturated rings.